The number of hydrogen-bond donors (Lipinski definition) is 3. The largest absolute Gasteiger partial charge is 0.364 e. The SMILES string of the molecule is COCNC(=O)NCCNC(C)=O. The van der Waals surface area contributed by atoms with Gasteiger partial charge in [0.2, 0.25) is 5.91 Å². The summed E-state index contributed by atoms with van der Waals surface area (Å²) in [7, 11) is 1.48. The number of amides is 3. The quantitative estimate of drug-likeness (QED) is 0.384. The molecule has 3 amide bonds. The Morgan fingerprint density at radius 1 is 1.15 bits per heavy atom. The van der Waals surface area contributed by atoms with Crippen molar-refractivity contribution < 1.29 is 14.3 Å². The molecule has 0 saturated carbocycles. The van der Waals surface area contributed by atoms with Crippen LogP contribution in [0, 0.1) is 0 Å². The lowest BCUT2D eigenvalue weighted by atomic mass is 10.6. The average molecular weight is 189 g/mol. The van der Waals surface area contributed by atoms with Gasteiger partial charge in [-0.25, -0.2) is 4.79 Å². The maximum Gasteiger partial charge on any atom is 0.316 e. The van der Waals surface area contributed by atoms with Crippen molar-refractivity contribution in [2.24, 2.45) is 0 Å². The first-order valence-corrected chi connectivity index (χ1v) is 3.92. The third-order valence-corrected chi connectivity index (χ3v) is 1.16. The summed E-state index contributed by atoms with van der Waals surface area (Å²) >= 11 is 0. The Morgan fingerprint density at radius 3 is 2.31 bits per heavy atom. The van der Waals surface area contributed by atoms with E-state index in [-0.39, 0.29) is 18.7 Å². The molecule has 0 aromatic rings. The number of urea groups is 1. The fraction of sp³-hybridized carbons (Fsp3) is 0.714. The minimum absolute atomic E-state index is 0.112. The number of carbonyl (C=O) groups is 2. The lowest BCUT2D eigenvalue weighted by molar-refractivity contribution is -0.118. The number of rotatable bonds is 5. The summed E-state index contributed by atoms with van der Waals surface area (Å²) in [5.74, 6) is -0.112. The molecule has 0 bridgehead atoms. The van der Waals surface area contributed by atoms with Crippen molar-refractivity contribution in [1.82, 2.24) is 16.0 Å². The summed E-state index contributed by atoms with van der Waals surface area (Å²) in [5.41, 5.74) is 0. The first kappa shape index (κ1) is 11.7. The van der Waals surface area contributed by atoms with Gasteiger partial charge in [0, 0.05) is 27.1 Å². The molecule has 0 unspecified atom stereocenters. The fourth-order valence-electron chi connectivity index (χ4n) is 0.615. The van der Waals surface area contributed by atoms with E-state index in [1.54, 1.807) is 0 Å². The smallest absolute Gasteiger partial charge is 0.316 e. The van der Waals surface area contributed by atoms with Gasteiger partial charge in [-0.1, -0.05) is 0 Å². The van der Waals surface area contributed by atoms with Crippen molar-refractivity contribution in [3.8, 4) is 0 Å². The van der Waals surface area contributed by atoms with Crippen LogP contribution >= 0.6 is 0 Å². The van der Waals surface area contributed by atoms with Crippen molar-refractivity contribution in [3.63, 3.8) is 0 Å². The van der Waals surface area contributed by atoms with Crippen LogP contribution in [0.15, 0.2) is 0 Å². The molecule has 6 nitrogen and oxygen atoms in total. The fourth-order valence-corrected chi connectivity index (χ4v) is 0.615. The number of nitrogens with one attached hydrogen (secondary N) is 3. The van der Waals surface area contributed by atoms with Crippen LogP contribution in [-0.2, 0) is 9.53 Å². The highest BCUT2D eigenvalue weighted by Crippen LogP contribution is 1.66. The maximum absolute atomic E-state index is 10.8. The van der Waals surface area contributed by atoms with Crippen LogP contribution in [0.3, 0.4) is 0 Å². The second kappa shape index (κ2) is 7.35. The molecule has 0 heterocycles. The highest BCUT2D eigenvalue weighted by molar-refractivity contribution is 5.74. The van der Waals surface area contributed by atoms with E-state index in [0.717, 1.165) is 0 Å². The Labute approximate surface area is 77.0 Å². The molecule has 0 rings (SSSR count). The predicted molar refractivity (Wildman–Crippen MR) is 47.1 cm³/mol. The summed E-state index contributed by atoms with van der Waals surface area (Å²) in [6, 6.07) is -0.313. The highest BCUT2D eigenvalue weighted by Gasteiger charge is 1.96. The molecule has 0 radical (unpaired) electrons. The van der Waals surface area contributed by atoms with E-state index < -0.39 is 0 Å². The minimum Gasteiger partial charge on any atom is -0.364 e. The Morgan fingerprint density at radius 2 is 1.77 bits per heavy atom. The van der Waals surface area contributed by atoms with Gasteiger partial charge in [-0.05, 0) is 0 Å². The van der Waals surface area contributed by atoms with Crippen LogP contribution in [0.5, 0.6) is 0 Å². The molecule has 0 spiro atoms. The van der Waals surface area contributed by atoms with Crippen LogP contribution in [-0.4, -0.2) is 38.9 Å². The Bertz CT molecular complexity index is 172. The van der Waals surface area contributed by atoms with Crippen molar-refractivity contribution in [3.05, 3.63) is 0 Å². The summed E-state index contributed by atoms with van der Waals surface area (Å²) in [5, 5.41) is 7.51. The van der Waals surface area contributed by atoms with Gasteiger partial charge in [0.25, 0.3) is 0 Å². The zero-order chi connectivity index (χ0) is 10.1. The predicted octanol–water partition coefficient (Wildman–Crippen LogP) is -0.974. The van der Waals surface area contributed by atoms with Gasteiger partial charge < -0.3 is 20.7 Å². The first-order valence-electron chi connectivity index (χ1n) is 3.92. The van der Waals surface area contributed by atoms with Crippen LogP contribution in [0.2, 0.25) is 0 Å². The van der Waals surface area contributed by atoms with E-state index in [4.69, 9.17) is 0 Å². The highest BCUT2D eigenvalue weighted by atomic mass is 16.5. The number of methoxy groups -OCH3 is 1. The lowest BCUT2D eigenvalue weighted by Gasteiger charge is -2.06. The maximum atomic E-state index is 10.8. The van der Waals surface area contributed by atoms with Gasteiger partial charge in [0.1, 0.15) is 6.73 Å². The van der Waals surface area contributed by atoms with E-state index in [1.165, 1.54) is 14.0 Å². The Hall–Kier alpha value is -1.30. The molecule has 6 heteroatoms. The van der Waals surface area contributed by atoms with Gasteiger partial charge in [-0.3, -0.25) is 4.79 Å². The van der Waals surface area contributed by atoms with Crippen molar-refractivity contribution in [1.29, 1.82) is 0 Å². The molecule has 3 N–H and O–H groups in total. The molecule has 0 saturated heterocycles. The molecule has 0 fully saturated rings. The molecule has 0 atom stereocenters. The molecule has 0 aliphatic heterocycles. The van der Waals surface area contributed by atoms with E-state index in [9.17, 15) is 9.59 Å². The van der Waals surface area contributed by atoms with E-state index in [0.29, 0.717) is 13.1 Å². The lowest BCUT2D eigenvalue weighted by Crippen LogP contribution is -2.40. The van der Waals surface area contributed by atoms with E-state index >= 15 is 0 Å². The third kappa shape index (κ3) is 8.61. The molecule has 0 aromatic carbocycles. The monoisotopic (exact) mass is 189 g/mol. The van der Waals surface area contributed by atoms with Gasteiger partial charge in [-0.2, -0.15) is 0 Å². The van der Waals surface area contributed by atoms with E-state index in [1.807, 2.05) is 0 Å². The summed E-state index contributed by atoms with van der Waals surface area (Å²) in [6.07, 6.45) is 0. The van der Waals surface area contributed by atoms with Crippen LogP contribution < -0.4 is 16.0 Å². The Kier molecular flexibility index (Phi) is 6.62. The molecule has 76 valence electrons. The molecular formula is C7H15N3O3. The average Bonchev–Trinajstić information content (AvgIpc) is 2.08. The summed E-state index contributed by atoms with van der Waals surface area (Å²) in [4.78, 5) is 21.2. The third-order valence-electron chi connectivity index (χ3n) is 1.16. The van der Waals surface area contributed by atoms with Gasteiger partial charge in [0.05, 0.1) is 0 Å². The molecule has 0 aromatic heterocycles. The standard InChI is InChI=1S/C7H15N3O3/c1-6(11)8-3-4-9-7(12)10-5-13-2/h3-5H2,1-2H3,(H,8,11)(H2,9,10,12). The molecule has 0 aliphatic carbocycles. The topological polar surface area (TPSA) is 79.5 Å². The summed E-state index contributed by atoms with van der Waals surface area (Å²) < 4.78 is 4.62. The molecule has 0 aliphatic rings. The van der Waals surface area contributed by atoms with Crippen molar-refractivity contribution >= 4 is 11.9 Å². The van der Waals surface area contributed by atoms with Gasteiger partial charge >= 0.3 is 6.03 Å². The number of carbonyl (C=O) groups excluding carboxylic acids is 2. The second-order valence-corrected chi connectivity index (χ2v) is 2.35. The van der Waals surface area contributed by atoms with Crippen LogP contribution in [0.1, 0.15) is 6.92 Å². The van der Waals surface area contributed by atoms with Gasteiger partial charge in [0.15, 0.2) is 0 Å². The normalized spacial score (nSPS) is 9.08. The second-order valence-electron chi connectivity index (χ2n) is 2.35. The number of hydrogen-bond acceptors (Lipinski definition) is 3. The zero-order valence-corrected chi connectivity index (χ0v) is 7.85. The van der Waals surface area contributed by atoms with E-state index in [2.05, 4.69) is 20.7 Å². The molecule has 13 heavy (non-hydrogen) atoms. The molecular weight excluding hydrogens is 174 g/mol. The Balaban J connectivity index is 3.22. The van der Waals surface area contributed by atoms with Crippen LogP contribution in [0.4, 0.5) is 4.79 Å². The van der Waals surface area contributed by atoms with Gasteiger partial charge in [-0.15, -0.1) is 0 Å². The van der Waals surface area contributed by atoms with Crippen LogP contribution in [0.25, 0.3) is 0 Å². The zero-order valence-electron chi connectivity index (χ0n) is 7.85. The van der Waals surface area contributed by atoms with Crippen molar-refractivity contribution in [2.75, 3.05) is 26.9 Å². The summed E-state index contributed by atoms with van der Waals surface area (Å²) in [6.45, 7) is 2.42. The minimum atomic E-state index is -0.313. The number of ether oxygens (including phenoxy) is 1. The first-order chi connectivity index (χ1) is 6.16. The van der Waals surface area contributed by atoms with Crippen molar-refractivity contribution in [2.45, 2.75) is 6.92 Å².